The van der Waals surface area contributed by atoms with Gasteiger partial charge >= 0.3 is 0 Å². The van der Waals surface area contributed by atoms with E-state index in [9.17, 15) is 0 Å². The molecule has 6 nitrogen and oxygen atoms in total. The standard InChI is InChI=1S/C44H27N5O/c1-3-12-28(13-4-1)42-46-43(29-14-5-2-6-15-29)48-44(47-42)31-23-25-40(45-27-31)49-36-19-9-7-16-33(36)34-24-22-30(26-37(34)49)32-18-11-21-39-41(32)35-17-8-10-20-38(35)50-39/h1-27H. The number of rotatable bonds is 5. The fraction of sp³-hybridized carbons (Fsp3) is 0. The zero-order valence-corrected chi connectivity index (χ0v) is 26.7. The Kier molecular flexibility index (Phi) is 6.39. The summed E-state index contributed by atoms with van der Waals surface area (Å²) in [7, 11) is 0. The number of fused-ring (bicyclic) bond motifs is 6. The summed E-state index contributed by atoms with van der Waals surface area (Å²) in [6, 6.07) is 53.8. The highest BCUT2D eigenvalue weighted by atomic mass is 16.3. The van der Waals surface area contributed by atoms with Crippen LogP contribution in [0, 0.1) is 0 Å². The van der Waals surface area contributed by atoms with Gasteiger partial charge in [-0.05, 0) is 47.5 Å². The van der Waals surface area contributed by atoms with E-state index in [4.69, 9.17) is 24.4 Å². The summed E-state index contributed by atoms with van der Waals surface area (Å²) in [6.45, 7) is 0. The molecule has 6 aromatic carbocycles. The molecule has 0 bridgehead atoms. The molecule has 0 aliphatic carbocycles. The number of pyridine rings is 1. The van der Waals surface area contributed by atoms with Crippen molar-refractivity contribution in [3.05, 3.63) is 164 Å². The quantitative estimate of drug-likeness (QED) is 0.187. The van der Waals surface area contributed by atoms with Crippen LogP contribution >= 0.6 is 0 Å². The number of para-hydroxylation sites is 2. The van der Waals surface area contributed by atoms with Crippen LogP contribution < -0.4 is 0 Å². The van der Waals surface area contributed by atoms with Crippen LogP contribution in [0.1, 0.15) is 0 Å². The fourth-order valence-electron chi connectivity index (χ4n) is 6.99. The number of furan rings is 1. The molecule has 0 atom stereocenters. The van der Waals surface area contributed by atoms with Crippen LogP contribution in [0.15, 0.2) is 168 Å². The van der Waals surface area contributed by atoms with E-state index >= 15 is 0 Å². The maximum atomic E-state index is 6.23. The predicted molar refractivity (Wildman–Crippen MR) is 201 cm³/mol. The SMILES string of the molecule is c1ccc(-c2nc(-c3ccccc3)nc(-c3ccc(-n4c5ccccc5c5ccc(-c6cccc7oc8ccccc8c67)cc54)nc3)n2)cc1. The number of aromatic nitrogens is 5. The first-order valence-electron chi connectivity index (χ1n) is 16.6. The molecule has 0 saturated carbocycles. The van der Waals surface area contributed by atoms with E-state index in [1.165, 1.54) is 5.39 Å². The molecular formula is C44H27N5O. The van der Waals surface area contributed by atoms with Crippen molar-refractivity contribution >= 4 is 43.7 Å². The molecule has 0 saturated heterocycles. The summed E-state index contributed by atoms with van der Waals surface area (Å²) in [4.78, 5) is 19.7. The molecule has 0 radical (unpaired) electrons. The van der Waals surface area contributed by atoms with E-state index in [0.29, 0.717) is 17.5 Å². The molecule has 4 heterocycles. The highest BCUT2D eigenvalue weighted by Crippen LogP contribution is 2.39. The molecule has 0 aliphatic rings. The largest absolute Gasteiger partial charge is 0.456 e. The van der Waals surface area contributed by atoms with Gasteiger partial charge < -0.3 is 4.42 Å². The van der Waals surface area contributed by atoms with Crippen molar-refractivity contribution in [3.8, 4) is 51.1 Å². The van der Waals surface area contributed by atoms with Crippen molar-refractivity contribution < 1.29 is 4.42 Å². The van der Waals surface area contributed by atoms with Gasteiger partial charge in [-0.1, -0.05) is 121 Å². The van der Waals surface area contributed by atoms with E-state index in [0.717, 1.165) is 72.0 Å². The van der Waals surface area contributed by atoms with Gasteiger partial charge in [-0.25, -0.2) is 19.9 Å². The van der Waals surface area contributed by atoms with E-state index in [1.54, 1.807) is 0 Å². The van der Waals surface area contributed by atoms with E-state index in [2.05, 4.69) is 71.3 Å². The zero-order chi connectivity index (χ0) is 33.0. The summed E-state index contributed by atoms with van der Waals surface area (Å²) in [6.07, 6.45) is 1.86. The van der Waals surface area contributed by atoms with Gasteiger partial charge in [-0.3, -0.25) is 4.57 Å². The van der Waals surface area contributed by atoms with Crippen LogP contribution in [0.2, 0.25) is 0 Å². The summed E-state index contributed by atoms with van der Waals surface area (Å²) < 4.78 is 8.47. The van der Waals surface area contributed by atoms with Crippen LogP contribution in [0.3, 0.4) is 0 Å². The molecule has 10 rings (SSSR count). The van der Waals surface area contributed by atoms with Crippen molar-refractivity contribution in [2.75, 3.05) is 0 Å². The van der Waals surface area contributed by atoms with Crippen molar-refractivity contribution in [2.24, 2.45) is 0 Å². The fourth-order valence-corrected chi connectivity index (χ4v) is 6.99. The zero-order valence-electron chi connectivity index (χ0n) is 26.7. The third-order valence-electron chi connectivity index (χ3n) is 9.32. The second kappa shape index (κ2) is 11.4. The van der Waals surface area contributed by atoms with Gasteiger partial charge in [0, 0.05) is 44.4 Å². The number of hydrogen-bond acceptors (Lipinski definition) is 5. The first-order chi connectivity index (χ1) is 24.8. The normalized spacial score (nSPS) is 11.6. The molecular weight excluding hydrogens is 615 g/mol. The average Bonchev–Trinajstić information content (AvgIpc) is 3.74. The molecule has 4 aromatic heterocycles. The van der Waals surface area contributed by atoms with Crippen molar-refractivity contribution in [1.29, 1.82) is 0 Å². The van der Waals surface area contributed by atoms with Gasteiger partial charge in [0.15, 0.2) is 17.5 Å². The highest BCUT2D eigenvalue weighted by molar-refractivity contribution is 6.14. The maximum Gasteiger partial charge on any atom is 0.165 e. The van der Waals surface area contributed by atoms with Crippen molar-refractivity contribution in [2.45, 2.75) is 0 Å². The molecule has 50 heavy (non-hydrogen) atoms. The minimum Gasteiger partial charge on any atom is -0.456 e. The smallest absolute Gasteiger partial charge is 0.165 e. The Balaban J connectivity index is 1.12. The molecule has 0 aliphatic heterocycles. The number of benzene rings is 6. The van der Waals surface area contributed by atoms with E-state index < -0.39 is 0 Å². The second-order valence-electron chi connectivity index (χ2n) is 12.3. The predicted octanol–water partition coefficient (Wildman–Crippen LogP) is 10.9. The highest BCUT2D eigenvalue weighted by Gasteiger charge is 2.18. The lowest BCUT2D eigenvalue weighted by Gasteiger charge is -2.11. The lowest BCUT2D eigenvalue weighted by atomic mass is 9.98. The third kappa shape index (κ3) is 4.58. The maximum absolute atomic E-state index is 6.23. The van der Waals surface area contributed by atoms with Crippen molar-refractivity contribution in [3.63, 3.8) is 0 Å². The van der Waals surface area contributed by atoms with Gasteiger partial charge in [0.2, 0.25) is 0 Å². The summed E-state index contributed by atoms with van der Waals surface area (Å²) >= 11 is 0. The van der Waals surface area contributed by atoms with Gasteiger partial charge in [0.05, 0.1) is 11.0 Å². The molecule has 10 aromatic rings. The van der Waals surface area contributed by atoms with Gasteiger partial charge in [0.1, 0.15) is 17.0 Å². The lowest BCUT2D eigenvalue weighted by Crippen LogP contribution is -2.01. The molecule has 0 amide bonds. The van der Waals surface area contributed by atoms with Crippen LogP contribution in [-0.2, 0) is 0 Å². The Labute approximate surface area is 287 Å². The van der Waals surface area contributed by atoms with Crippen LogP contribution in [0.4, 0.5) is 0 Å². The van der Waals surface area contributed by atoms with Gasteiger partial charge in [-0.2, -0.15) is 0 Å². The summed E-state index contributed by atoms with van der Waals surface area (Å²) in [5, 5.41) is 4.57. The van der Waals surface area contributed by atoms with Crippen LogP contribution in [0.5, 0.6) is 0 Å². The van der Waals surface area contributed by atoms with Gasteiger partial charge in [-0.15, -0.1) is 0 Å². The Morgan fingerprint density at radius 1 is 0.420 bits per heavy atom. The summed E-state index contributed by atoms with van der Waals surface area (Å²) in [5.74, 6) is 2.62. The minimum atomic E-state index is 0.571. The van der Waals surface area contributed by atoms with Crippen LogP contribution in [-0.4, -0.2) is 24.5 Å². The first-order valence-corrected chi connectivity index (χ1v) is 16.6. The molecule has 0 unspecified atom stereocenters. The monoisotopic (exact) mass is 641 g/mol. The van der Waals surface area contributed by atoms with Crippen LogP contribution in [0.25, 0.3) is 94.9 Å². The molecule has 234 valence electrons. The molecule has 0 spiro atoms. The molecule has 6 heteroatoms. The van der Waals surface area contributed by atoms with Crippen molar-refractivity contribution in [1.82, 2.24) is 24.5 Å². The average molecular weight is 642 g/mol. The summed E-state index contributed by atoms with van der Waals surface area (Å²) in [5.41, 5.74) is 8.85. The third-order valence-corrected chi connectivity index (χ3v) is 9.32. The molecule has 0 fully saturated rings. The number of nitrogens with zero attached hydrogens (tertiary/aromatic N) is 5. The second-order valence-corrected chi connectivity index (χ2v) is 12.3. The molecule has 0 N–H and O–H groups in total. The Morgan fingerprint density at radius 2 is 1.02 bits per heavy atom. The first kappa shape index (κ1) is 28.1. The minimum absolute atomic E-state index is 0.571. The topological polar surface area (TPSA) is 69.6 Å². The van der Waals surface area contributed by atoms with E-state index in [1.807, 2.05) is 97.2 Å². The Bertz CT molecular complexity index is 2800. The number of hydrogen-bond donors (Lipinski definition) is 0. The van der Waals surface area contributed by atoms with E-state index in [-0.39, 0.29) is 0 Å². The Hall–Kier alpha value is -6.92. The lowest BCUT2D eigenvalue weighted by molar-refractivity contribution is 0.669. The Morgan fingerprint density at radius 3 is 1.74 bits per heavy atom. The van der Waals surface area contributed by atoms with Gasteiger partial charge in [0.25, 0.3) is 0 Å².